The van der Waals surface area contributed by atoms with Crippen LogP contribution in [-0.2, 0) is 17.8 Å². The number of rotatable bonds is 6. The highest BCUT2D eigenvalue weighted by Crippen LogP contribution is 2.30. The molecule has 1 aliphatic rings. The van der Waals surface area contributed by atoms with Crippen LogP contribution in [0.2, 0.25) is 0 Å². The van der Waals surface area contributed by atoms with E-state index in [1.807, 2.05) is 29.3 Å². The molecule has 1 atom stereocenters. The van der Waals surface area contributed by atoms with Crippen LogP contribution in [-0.4, -0.2) is 28.6 Å². The minimum Gasteiger partial charge on any atom is -0.357 e. The summed E-state index contributed by atoms with van der Waals surface area (Å²) >= 11 is 1.61. The fourth-order valence-corrected chi connectivity index (χ4v) is 4.24. The van der Waals surface area contributed by atoms with E-state index in [0.717, 1.165) is 17.7 Å². The maximum atomic E-state index is 15.0. The van der Waals surface area contributed by atoms with Crippen molar-refractivity contribution < 1.29 is 13.7 Å². The summed E-state index contributed by atoms with van der Waals surface area (Å²) in [6, 6.07) is 8.47. The molecule has 152 valence electrons. The number of amides is 1. The van der Waals surface area contributed by atoms with Crippen LogP contribution in [0.3, 0.4) is 0 Å². The summed E-state index contributed by atoms with van der Waals surface area (Å²) in [4.78, 5) is 20.0. The lowest BCUT2D eigenvalue weighted by Gasteiger charge is -2.36. The Morgan fingerprint density at radius 2 is 2.28 bits per heavy atom. The number of carbonyl (C=O) groups excluding carboxylic acids is 1. The Morgan fingerprint density at radius 1 is 1.38 bits per heavy atom. The molecule has 6 nitrogen and oxygen atoms in total. The van der Waals surface area contributed by atoms with E-state index < -0.39 is 0 Å². The normalized spacial score (nSPS) is 16.8. The number of hydrogen-bond acceptors (Lipinski definition) is 6. The molecule has 2 aromatic heterocycles. The van der Waals surface area contributed by atoms with Gasteiger partial charge in [-0.15, -0.1) is 11.3 Å². The minimum absolute atomic E-state index is 0.0627. The molecule has 1 amide bonds. The van der Waals surface area contributed by atoms with Crippen LogP contribution in [0.25, 0.3) is 11.4 Å². The fraction of sp³-hybridized carbons (Fsp3) is 0.381. The van der Waals surface area contributed by atoms with Gasteiger partial charge in [0.25, 0.3) is 0 Å². The average molecular weight is 415 g/mol. The number of nitrogens with zero attached hydrogens (tertiary/aromatic N) is 3. The molecular formula is C21H23FN4O2S. The Labute approximate surface area is 172 Å². The van der Waals surface area contributed by atoms with Gasteiger partial charge in [0.15, 0.2) is 0 Å². The molecule has 0 radical (unpaired) electrons. The molecule has 3 heterocycles. The van der Waals surface area contributed by atoms with Gasteiger partial charge in [-0.3, -0.25) is 4.79 Å². The highest BCUT2D eigenvalue weighted by atomic mass is 32.1. The third-order valence-corrected chi connectivity index (χ3v) is 5.98. The lowest BCUT2D eigenvalue weighted by Crippen LogP contribution is -2.49. The van der Waals surface area contributed by atoms with Gasteiger partial charge in [0.2, 0.25) is 17.6 Å². The molecule has 0 bridgehead atoms. The van der Waals surface area contributed by atoms with Gasteiger partial charge in [0.05, 0.1) is 12.2 Å². The fourth-order valence-electron chi connectivity index (χ4n) is 3.59. The predicted octanol–water partition coefficient (Wildman–Crippen LogP) is 4.17. The molecule has 8 heteroatoms. The van der Waals surface area contributed by atoms with Gasteiger partial charge in [-0.25, -0.2) is 4.39 Å². The summed E-state index contributed by atoms with van der Waals surface area (Å²) in [7, 11) is 0. The summed E-state index contributed by atoms with van der Waals surface area (Å²) < 4.78 is 20.1. The number of hydrogen-bond donors (Lipinski definition) is 1. The van der Waals surface area contributed by atoms with E-state index in [2.05, 4.69) is 15.5 Å². The van der Waals surface area contributed by atoms with E-state index in [-0.39, 0.29) is 17.8 Å². The number of benzene rings is 1. The number of piperidine rings is 1. The topological polar surface area (TPSA) is 71.3 Å². The van der Waals surface area contributed by atoms with Crippen molar-refractivity contribution in [2.75, 3.05) is 11.4 Å². The van der Waals surface area contributed by atoms with Crippen LogP contribution >= 0.6 is 11.3 Å². The van der Waals surface area contributed by atoms with Crippen molar-refractivity contribution in [3.63, 3.8) is 0 Å². The van der Waals surface area contributed by atoms with E-state index in [4.69, 9.17) is 4.52 Å². The Morgan fingerprint density at radius 3 is 3.00 bits per heavy atom. The van der Waals surface area contributed by atoms with Gasteiger partial charge in [0, 0.05) is 23.4 Å². The zero-order valence-corrected chi connectivity index (χ0v) is 17.0. The number of nitrogens with one attached hydrogen (secondary N) is 1. The number of aromatic nitrogens is 2. The molecule has 0 saturated carbocycles. The van der Waals surface area contributed by atoms with E-state index in [1.165, 1.54) is 6.07 Å². The lowest BCUT2D eigenvalue weighted by molar-refractivity contribution is -0.123. The number of anilines is 1. The number of carbonyl (C=O) groups is 1. The molecular weight excluding hydrogens is 391 g/mol. The summed E-state index contributed by atoms with van der Waals surface area (Å²) in [5, 5.41) is 8.88. The zero-order chi connectivity index (χ0) is 20.2. The first kappa shape index (κ1) is 19.6. The second-order valence-electron chi connectivity index (χ2n) is 7.03. The van der Waals surface area contributed by atoms with E-state index in [9.17, 15) is 9.18 Å². The van der Waals surface area contributed by atoms with Gasteiger partial charge in [-0.1, -0.05) is 18.1 Å². The molecule has 1 saturated heterocycles. The SMILES string of the molecule is CCc1nc(-c2ccc(N3CCCCC3C(=O)NCc3cccs3)c(F)c2)no1. The highest BCUT2D eigenvalue weighted by molar-refractivity contribution is 7.09. The third-order valence-electron chi connectivity index (χ3n) is 5.11. The van der Waals surface area contributed by atoms with E-state index in [0.29, 0.717) is 48.9 Å². The minimum atomic E-state index is -0.386. The Balaban J connectivity index is 1.52. The van der Waals surface area contributed by atoms with Crippen LogP contribution in [0.5, 0.6) is 0 Å². The molecule has 1 aliphatic heterocycles. The van der Waals surface area contributed by atoms with Crippen molar-refractivity contribution in [3.8, 4) is 11.4 Å². The van der Waals surface area contributed by atoms with Crippen LogP contribution in [0.4, 0.5) is 10.1 Å². The first-order valence-corrected chi connectivity index (χ1v) is 10.7. The Kier molecular flexibility index (Phi) is 5.89. The third kappa shape index (κ3) is 4.32. The Hall–Kier alpha value is -2.74. The largest absolute Gasteiger partial charge is 0.357 e. The Bertz CT molecular complexity index is 973. The van der Waals surface area contributed by atoms with Crippen LogP contribution in [0.1, 0.15) is 37.0 Å². The zero-order valence-electron chi connectivity index (χ0n) is 16.2. The first-order valence-electron chi connectivity index (χ1n) is 9.85. The molecule has 1 unspecified atom stereocenters. The van der Waals surface area contributed by atoms with Gasteiger partial charge in [-0.05, 0) is 48.9 Å². The van der Waals surface area contributed by atoms with Crippen molar-refractivity contribution >= 4 is 22.9 Å². The van der Waals surface area contributed by atoms with Gasteiger partial charge in [-0.2, -0.15) is 4.98 Å². The molecule has 29 heavy (non-hydrogen) atoms. The number of thiophene rings is 1. The van der Waals surface area contributed by atoms with E-state index >= 15 is 0 Å². The smallest absolute Gasteiger partial charge is 0.242 e. The molecule has 0 aliphatic carbocycles. The molecule has 3 aromatic rings. The van der Waals surface area contributed by atoms with Crippen LogP contribution in [0, 0.1) is 5.82 Å². The summed E-state index contributed by atoms with van der Waals surface area (Å²) in [6.45, 7) is 3.07. The summed E-state index contributed by atoms with van der Waals surface area (Å²) in [5.74, 6) is 0.440. The van der Waals surface area contributed by atoms with Gasteiger partial charge < -0.3 is 14.7 Å². The van der Waals surface area contributed by atoms with Crippen LogP contribution < -0.4 is 10.2 Å². The maximum absolute atomic E-state index is 15.0. The predicted molar refractivity (Wildman–Crippen MR) is 110 cm³/mol. The summed E-state index contributed by atoms with van der Waals surface area (Å²) in [6.07, 6.45) is 3.22. The van der Waals surface area contributed by atoms with Crippen LogP contribution in [0.15, 0.2) is 40.2 Å². The molecule has 1 fully saturated rings. The molecule has 1 aromatic carbocycles. The first-order chi connectivity index (χ1) is 14.2. The average Bonchev–Trinajstić information content (AvgIpc) is 3.44. The number of halogens is 1. The van der Waals surface area contributed by atoms with E-state index in [1.54, 1.807) is 23.5 Å². The van der Waals surface area contributed by atoms with Crippen molar-refractivity contribution in [1.29, 1.82) is 0 Å². The number of aryl methyl sites for hydroxylation is 1. The van der Waals surface area contributed by atoms with Gasteiger partial charge >= 0.3 is 0 Å². The summed E-state index contributed by atoms with van der Waals surface area (Å²) in [5.41, 5.74) is 0.995. The highest BCUT2D eigenvalue weighted by Gasteiger charge is 2.30. The molecule has 0 spiro atoms. The van der Waals surface area contributed by atoms with Crippen molar-refractivity contribution in [3.05, 3.63) is 52.3 Å². The monoisotopic (exact) mass is 414 g/mol. The maximum Gasteiger partial charge on any atom is 0.242 e. The molecule has 4 rings (SSSR count). The lowest BCUT2D eigenvalue weighted by atomic mass is 9.99. The molecule has 1 N–H and O–H groups in total. The van der Waals surface area contributed by atoms with Crippen molar-refractivity contribution in [1.82, 2.24) is 15.5 Å². The standard InChI is InChI=1S/C21H23FN4O2S/c1-2-19-24-20(25-28-19)14-8-9-17(16(22)12-14)26-10-4-3-7-18(26)21(27)23-13-15-6-5-11-29-15/h5-6,8-9,11-12,18H,2-4,7,10,13H2,1H3,(H,23,27). The van der Waals surface area contributed by atoms with Crippen molar-refractivity contribution in [2.24, 2.45) is 0 Å². The quantitative estimate of drug-likeness (QED) is 0.655. The van der Waals surface area contributed by atoms with Gasteiger partial charge in [0.1, 0.15) is 11.9 Å². The van der Waals surface area contributed by atoms with Crippen molar-refractivity contribution in [2.45, 2.75) is 45.2 Å². The second-order valence-corrected chi connectivity index (χ2v) is 8.07. The second kappa shape index (κ2) is 8.73.